The molecule has 17 heavy (non-hydrogen) atoms. The molecule has 0 N–H and O–H groups in total. The van der Waals surface area contributed by atoms with E-state index in [1.165, 1.54) is 6.07 Å². The summed E-state index contributed by atoms with van der Waals surface area (Å²) in [4.78, 5) is 11.2. The van der Waals surface area contributed by atoms with E-state index < -0.39 is 0 Å². The number of ether oxygens (including phenoxy) is 1. The first-order chi connectivity index (χ1) is 8.04. The number of rotatable bonds is 5. The second kappa shape index (κ2) is 6.38. The van der Waals surface area contributed by atoms with Crippen molar-refractivity contribution in [3.8, 4) is 0 Å². The summed E-state index contributed by atoms with van der Waals surface area (Å²) in [5.74, 6) is -0.122. The van der Waals surface area contributed by atoms with Crippen molar-refractivity contribution in [3.63, 3.8) is 0 Å². The molecule has 0 bridgehead atoms. The highest BCUT2D eigenvalue weighted by Crippen LogP contribution is 2.22. The normalized spacial score (nSPS) is 12.2. The lowest BCUT2D eigenvalue weighted by atomic mass is 9.95. The van der Waals surface area contributed by atoms with E-state index in [1.54, 1.807) is 19.9 Å². The fourth-order valence-corrected chi connectivity index (χ4v) is 1.71. The Bertz CT molecular complexity index is 388. The van der Waals surface area contributed by atoms with E-state index in [0.29, 0.717) is 18.6 Å². The molecule has 0 aliphatic heterocycles. The van der Waals surface area contributed by atoms with Crippen molar-refractivity contribution in [1.82, 2.24) is 0 Å². The highest BCUT2D eigenvalue weighted by Gasteiger charge is 2.10. The Labute approximate surface area is 102 Å². The number of carbonyl (C=O) groups excluding carboxylic acids is 1. The summed E-state index contributed by atoms with van der Waals surface area (Å²) in [7, 11) is 0. The molecular weight excluding hydrogens is 219 g/mol. The van der Waals surface area contributed by atoms with Crippen LogP contribution >= 0.6 is 0 Å². The summed E-state index contributed by atoms with van der Waals surface area (Å²) >= 11 is 0. The van der Waals surface area contributed by atoms with Crippen LogP contribution in [0, 0.1) is 12.7 Å². The summed E-state index contributed by atoms with van der Waals surface area (Å²) in [6.07, 6.45) is 1.13. The summed E-state index contributed by atoms with van der Waals surface area (Å²) < 4.78 is 18.0. The van der Waals surface area contributed by atoms with Crippen LogP contribution in [-0.4, -0.2) is 12.6 Å². The van der Waals surface area contributed by atoms with Gasteiger partial charge in [-0.05, 0) is 43.4 Å². The SMILES string of the molecule is CCOC(=O)CC[C@H](C)c1ccc(F)c(C)c1. The molecule has 0 fully saturated rings. The topological polar surface area (TPSA) is 26.3 Å². The van der Waals surface area contributed by atoms with Gasteiger partial charge in [-0.3, -0.25) is 4.79 Å². The van der Waals surface area contributed by atoms with Crippen LogP contribution in [0.15, 0.2) is 18.2 Å². The maximum atomic E-state index is 13.1. The molecule has 1 aromatic carbocycles. The van der Waals surface area contributed by atoms with Gasteiger partial charge in [0, 0.05) is 6.42 Å². The zero-order valence-corrected chi connectivity index (χ0v) is 10.6. The van der Waals surface area contributed by atoms with Gasteiger partial charge in [-0.15, -0.1) is 0 Å². The molecular formula is C14H19FO2. The van der Waals surface area contributed by atoms with E-state index in [0.717, 1.165) is 12.0 Å². The van der Waals surface area contributed by atoms with Gasteiger partial charge in [0.05, 0.1) is 6.61 Å². The van der Waals surface area contributed by atoms with Crippen molar-refractivity contribution in [2.75, 3.05) is 6.61 Å². The molecule has 0 aromatic heterocycles. The van der Waals surface area contributed by atoms with Gasteiger partial charge in [-0.1, -0.05) is 19.1 Å². The van der Waals surface area contributed by atoms with Crippen LogP contribution in [0.2, 0.25) is 0 Å². The van der Waals surface area contributed by atoms with Crippen LogP contribution in [0.25, 0.3) is 0 Å². The molecule has 1 atom stereocenters. The molecule has 0 unspecified atom stereocenters. The molecule has 3 heteroatoms. The maximum Gasteiger partial charge on any atom is 0.305 e. The van der Waals surface area contributed by atoms with Gasteiger partial charge in [0.1, 0.15) is 5.82 Å². The Morgan fingerprint density at radius 2 is 2.18 bits per heavy atom. The standard InChI is InChI=1S/C14H19FO2/c1-4-17-14(16)8-5-10(2)12-6-7-13(15)11(3)9-12/h6-7,9-10H,4-5,8H2,1-3H3/t10-/m0/s1. The third kappa shape index (κ3) is 4.17. The quantitative estimate of drug-likeness (QED) is 0.733. The Hall–Kier alpha value is -1.38. The van der Waals surface area contributed by atoms with Crippen molar-refractivity contribution in [1.29, 1.82) is 0 Å². The molecule has 0 spiro atoms. The second-order valence-electron chi connectivity index (χ2n) is 4.25. The van der Waals surface area contributed by atoms with Gasteiger partial charge < -0.3 is 4.74 Å². The highest BCUT2D eigenvalue weighted by molar-refractivity contribution is 5.69. The molecule has 0 aliphatic rings. The van der Waals surface area contributed by atoms with Crippen LogP contribution < -0.4 is 0 Å². The second-order valence-corrected chi connectivity index (χ2v) is 4.25. The average Bonchev–Trinajstić information content (AvgIpc) is 2.30. The third-order valence-corrected chi connectivity index (χ3v) is 2.84. The Morgan fingerprint density at radius 1 is 1.47 bits per heavy atom. The average molecular weight is 238 g/mol. The summed E-state index contributed by atoms with van der Waals surface area (Å²) in [6, 6.07) is 5.09. The predicted molar refractivity (Wildman–Crippen MR) is 65.4 cm³/mol. The minimum absolute atomic E-state index is 0.168. The Balaban J connectivity index is 2.54. The summed E-state index contributed by atoms with van der Waals surface area (Å²) in [6.45, 7) is 6.00. The summed E-state index contributed by atoms with van der Waals surface area (Å²) in [5, 5.41) is 0. The van der Waals surface area contributed by atoms with Crippen molar-refractivity contribution in [2.45, 2.75) is 39.5 Å². The predicted octanol–water partition coefficient (Wildman–Crippen LogP) is 3.58. The largest absolute Gasteiger partial charge is 0.466 e. The van der Waals surface area contributed by atoms with Gasteiger partial charge in [0.2, 0.25) is 0 Å². The van der Waals surface area contributed by atoms with E-state index >= 15 is 0 Å². The lowest BCUT2D eigenvalue weighted by Gasteiger charge is -2.12. The van der Waals surface area contributed by atoms with Crippen molar-refractivity contribution in [3.05, 3.63) is 35.1 Å². The van der Waals surface area contributed by atoms with Crippen LogP contribution in [0.4, 0.5) is 4.39 Å². The molecule has 94 valence electrons. The fraction of sp³-hybridized carbons (Fsp3) is 0.500. The number of aryl methyl sites for hydroxylation is 1. The molecule has 0 aliphatic carbocycles. The van der Waals surface area contributed by atoms with E-state index in [-0.39, 0.29) is 17.7 Å². The molecule has 0 saturated carbocycles. The smallest absolute Gasteiger partial charge is 0.305 e. The summed E-state index contributed by atoms with van der Waals surface area (Å²) in [5.41, 5.74) is 1.71. The van der Waals surface area contributed by atoms with Crippen LogP contribution in [0.1, 0.15) is 43.7 Å². The Morgan fingerprint density at radius 3 is 2.76 bits per heavy atom. The maximum absolute atomic E-state index is 13.1. The minimum atomic E-state index is -0.189. The van der Waals surface area contributed by atoms with Crippen LogP contribution in [0.3, 0.4) is 0 Å². The highest BCUT2D eigenvalue weighted by atomic mass is 19.1. The van der Waals surface area contributed by atoms with E-state index in [2.05, 4.69) is 0 Å². The molecule has 1 aromatic rings. The van der Waals surface area contributed by atoms with Crippen molar-refractivity contribution < 1.29 is 13.9 Å². The van der Waals surface area contributed by atoms with E-state index in [9.17, 15) is 9.18 Å². The zero-order valence-electron chi connectivity index (χ0n) is 10.6. The van der Waals surface area contributed by atoms with E-state index in [4.69, 9.17) is 4.74 Å². The van der Waals surface area contributed by atoms with E-state index in [1.807, 2.05) is 13.0 Å². The fourth-order valence-electron chi connectivity index (χ4n) is 1.71. The number of halogens is 1. The molecule has 2 nitrogen and oxygen atoms in total. The molecule has 0 amide bonds. The first-order valence-electron chi connectivity index (χ1n) is 5.96. The first kappa shape index (κ1) is 13.7. The number of hydrogen-bond acceptors (Lipinski definition) is 2. The first-order valence-corrected chi connectivity index (χ1v) is 5.96. The van der Waals surface area contributed by atoms with Crippen molar-refractivity contribution >= 4 is 5.97 Å². The van der Waals surface area contributed by atoms with Gasteiger partial charge in [0.15, 0.2) is 0 Å². The lowest BCUT2D eigenvalue weighted by Crippen LogP contribution is -2.06. The van der Waals surface area contributed by atoms with Gasteiger partial charge >= 0.3 is 5.97 Å². The number of benzene rings is 1. The third-order valence-electron chi connectivity index (χ3n) is 2.84. The zero-order chi connectivity index (χ0) is 12.8. The molecule has 0 saturated heterocycles. The van der Waals surface area contributed by atoms with Crippen LogP contribution in [-0.2, 0) is 9.53 Å². The number of hydrogen-bond donors (Lipinski definition) is 0. The Kier molecular flexibility index (Phi) is 5.13. The van der Waals surface area contributed by atoms with Gasteiger partial charge in [0.25, 0.3) is 0 Å². The molecule has 0 radical (unpaired) electrons. The monoisotopic (exact) mass is 238 g/mol. The number of esters is 1. The lowest BCUT2D eigenvalue weighted by molar-refractivity contribution is -0.143. The van der Waals surface area contributed by atoms with Crippen LogP contribution in [0.5, 0.6) is 0 Å². The van der Waals surface area contributed by atoms with Crippen molar-refractivity contribution in [2.24, 2.45) is 0 Å². The van der Waals surface area contributed by atoms with Gasteiger partial charge in [-0.2, -0.15) is 0 Å². The molecule has 1 rings (SSSR count). The molecule has 0 heterocycles. The minimum Gasteiger partial charge on any atom is -0.466 e. The number of carbonyl (C=O) groups is 1. The van der Waals surface area contributed by atoms with Gasteiger partial charge in [-0.25, -0.2) is 4.39 Å².